The highest BCUT2D eigenvalue weighted by molar-refractivity contribution is 5.81. The number of benzene rings is 2. The van der Waals surface area contributed by atoms with Crippen LogP contribution in [-0.2, 0) is 0 Å². The molecule has 1 aliphatic rings. The zero-order valence-corrected chi connectivity index (χ0v) is 16.3. The molecule has 0 aliphatic carbocycles. The third-order valence-corrected chi connectivity index (χ3v) is 5.45. The number of likely N-dealkylation sites (tertiary alicyclic amines) is 1. The molecular weight excluding hydrogens is 336 g/mol. The Labute approximate surface area is 162 Å². The van der Waals surface area contributed by atoms with Gasteiger partial charge in [0.2, 0.25) is 0 Å². The van der Waals surface area contributed by atoms with Crippen LogP contribution in [0.25, 0.3) is 0 Å². The maximum Gasteiger partial charge on any atom is 0.137 e. The predicted octanol–water partition coefficient (Wildman–Crippen LogP) is 3.02. The second-order valence-corrected chi connectivity index (χ2v) is 7.64. The molecule has 27 heavy (non-hydrogen) atoms. The summed E-state index contributed by atoms with van der Waals surface area (Å²) in [5.74, 6) is 0.766. The van der Waals surface area contributed by atoms with Gasteiger partial charge in [-0.3, -0.25) is 4.99 Å². The van der Waals surface area contributed by atoms with E-state index in [9.17, 15) is 5.11 Å². The summed E-state index contributed by atoms with van der Waals surface area (Å²) >= 11 is 0. The van der Waals surface area contributed by atoms with Gasteiger partial charge >= 0.3 is 0 Å². The van der Waals surface area contributed by atoms with E-state index >= 15 is 0 Å². The summed E-state index contributed by atoms with van der Waals surface area (Å²) < 4.78 is 5.78. The average Bonchev–Trinajstić information content (AvgIpc) is 2.69. The SMILES string of the molecule is C[C@@H]1CCC[C@@H](C)[NH+]1C[C@H](O)COc1ccc(N=Cc2ccccc2)cc1. The number of aliphatic imine (C=N–C) groups is 1. The van der Waals surface area contributed by atoms with Crippen LogP contribution in [0, 0.1) is 0 Å². The first-order valence-electron chi connectivity index (χ1n) is 9.97. The van der Waals surface area contributed by atoms with Crippen LogP contribution >= 0.6 is 0 Å². The van der Waals surface area contributed by atoms with Gasteiger partial charge in [0.25, 0.3) is 0 Å². The smallest absolute Gasteiger partial charge is 0.137 e. The first kappa shape index (κ1) is 19.6. The van der Waals surface area contributed by atoms with E-state index in [1.165, 1.54) is 24.2 Å². The molecule has 144 valence electrons. The minimum atomic E-state index is -0.446. The summed E-state index contributed by atoms with van der Waals surface area (Å²) in [5.41, 5.74) is 1.96. The molecule has 2 aromatic carbocycles. The molecule has 0 aromatic heterocycles. The molecule has 0 unspecified atom stereocenters. The van der Waals surface area contributed by atoms with E-state index in [1.807, 2.05) is 60.8 Å². The summed E-state index contributed by atoms with van der Waals surface area (Å²) in [6.45, 7) is 5.65. The average molecular weight is 368 g/mol. The number of nitrogens with one attached hydrogen (secondary N) is 1. The number of rotatable bonds is 7. The molecule has 4 heteroatoms. The van der Waals surface area contributed by atoms with Crippen LogP contribution in [0.4, 0.5) is 5.69 Å². The highest BCUT2D eigenvalue weighted by atomic mass is 16.5. The van der Waals surface area contributed by atoms with E-state index in [4.69, 9.17) is 4.74 Å². The second kappa shape index (κ2) is 9.67. The number of aliphatic hydroxyl groups is 1. The zero-order chi connectivity index (χ0) is 19.1. The van der Waals surface area contributed by atoms with Crippen molar-refractivity contribution in [1.82, 2.24) is 0 Å². The van der Waals surface area contributed by atoms with Crippen LogP contribution in [0.15, 0.2) is 59.6 Å². The number of nitrogens with zero attached hydrogens (tertiary/aromatic N) is 1. The van der Waals surface area contributed by atoms with Crippen LogP contribution < -0.4 is 9.64 Å². The Bertz CT molecular complexity index is 705. The van der Waals surface area contributed by atoms with Crippen molar-refractivity contribution < 1.29 is 14.7 Å². The van der Waals surface area contributed by atoms with Gasteiger partial charge in [0.1, 0.15) is 25.0 Å². The van der Waals surface area contributed by atoms with Gasteiger partial charge in [-0.1, -0.05) is 30.3 Å². The molecule has 2 aromatic rings. The van der Waals surface area contributed by atoms with Crippen LogP contribution in [0.2, 0.25) is 0 Å². The Morgan fingerprint density at radius 3 is 2.41 bits per heavy atom. The first-order chi connectivity index (χ1) is 13.1. The summed E-state index contributed by atoms with van der Waals surface area (Å²) in [6.07, 6.45) is 5.20. The predicted molar refractivity (Wildman–Crippen MR) is 110 cm³/mol. The standard InChI is InChI=1S/C23H30N2O2/c1-18-7-6-8-19(2)25(18)16-22(26)17-27-23-13-11-21(12-14-23)24-15-20-9-4-3-5-10-20/h3-5,9-15,18-19,22,26H,6-8,16-17H2,1-2H3/p+1/t18-,19-,22+/m1/s1. The number of quaternary nitrogens is 1. The van der Waals surface area contributed by atoms with E-state index < -0.39 is 6.10 Å². The molecule has 1 saturated heterocycles. The summed E-state index contributed by atoms with van der Waals surface area (Å²) in [7, 11) is 0. The third kappa shape index (κ3) is 5.91. The Kier molecular flexibility index (Phi) is 7.02. The van der Waals surface area contributed by atoms with Crippen molar-refractivity contribution in [2.75, 3.05) is 13.2 Å². The van der Waals surface area contributed by atoms with Crippen LogP contribution in [0.5, 0.6) is 5.75 Å². The lowest BCUT2D eigenvalue weighted by molar-refractivity contribution is -0.954. The fraction of sp³-hybridized carbons (Fsp3) is 0.435. The fourth-order valence-corrected chi connectivity index (χ4v) is 3.83. The molecular formula is C23H31N2O2+. The molecule has 0 bridgehead atoms. The van der Waals surface area contributed by atoms with Gasteiger partial charge in [0.05, 0.1) is 17.8 Å². The molecule has 0 radical (unpaired) electrons. The molecule has 1 fully saturated rings. The van der Waals surface area contributed by atoms with Crippen molar-refractivity contribution in [3.05, 3.63) is 60.2 Å². The number of aliphatic hydroxyl groups excluding tert-OH is 1. The highest BCUT2D eigenvalue weighted by Crippen LogP contribution is 2.18. The van der Waals surface area contributed by atoms with Crippen molar-refractivity contribution in [1.29, 1.82) is 0 Å². The van der Waals surface area contributed by atoms with E-state index in [0.29, 0.717) is 18.7 Å². The molecule has 0 saturated carbocycles. The van der Waals surface area contributed by atoms with E-state index in [0.717, 1.165) is 23.5 Å². The lowest BCUT2D eigenvalue weighted by atomic mass is 9.97. The lowest BCUT2D eigenvalue weighted by Crippen LogP contribution is -3.20. The van der Waals surface area contributed by atoms with Gasteiger partial charge in [-0.05, 0) is 62.9 Å². The van der Waals surface area contributed by atoms with Crippen LogP contribution in [-0.4, -0.2) is 42.7 Å². The third-order valence-electron chi connectivity index (χ3n) is 5.45. The highest BCUT2D eigenvalue weighted by Gasteiger charge is 2.30. The summed E-state index contributed by atoms with van der Waals surface area (Å²) in [5, 5.41) is 10.4. The lowest BCUT2D eigenvalue weighted by Gasteiger charge is -2.36. The molecule has 0 spiro atoms. The molecule has 3 rings (SSSR count). The van der Waals surface area contributed by atoms with Gasteiger partial charge in [0, 0.05) is 6.21 Å². The van der Waals surface area contributed by atoms with Crippen LogP contribution in [0.3, 0.4) is 0 Å². The Hall–Kier alpha value is -2.17. The largest absolute Gasteiger partial charge is 0.491 e. The maximum absolute atomic E-state index is 10.4. The molecule has 3 atom stereocenters. The van der Waals surface area contributed by atoms with E-state index in [1.54, 1.807) is 0 Å². The van der Waals surface area contributed by atoms with Gasteiger partial charge in [-0.2, -0.15) is 0 Å². The molecule has 1 aliphatic heterocycles. The van der Waals surface area contributed by atoms with Gasteiger partial charge in [-0.25, -0.2) is 0 Å². The van der Waals surface area contributed by atoms with Gasteiger partial charge < -0.3 is 14.7 Å². The first-order valence-corrected chi connectivity index (χ1v) is 9.97. The zero-order valence-electron chi connectivity index (χ0n) is 16.3. The normalized spacial score (nSPS) is 22.0. The Morgan fingerprint density at radius 2 is 1.74 bits per heavy atom. The number of hydrogen-bond acceptors (Lipinski definition) is 3. The van der Waals surface area contributed by atoms with E-state index in [2.05, 4.69) is 18.8 Å². The van der Waals surface area contributed by atoms with Gasteiger partial charge in [-0.15, -0.1) is 0 Å². The minimum Gasteiger partial charge on any atom is -0.491 e. The quantitative estimate of drug-likeness (QED) is 0.739. The fourth-order valence-electron chi connectivity index (χ4n) is 3.83. The Morgan fingerprint density at radius 1 is 1.07 bits per heavy atom. The number of ether oxygens (including phenoxy) is 1. The van der Waals surface area contributed by atoms with Crippen LogP contribution in [0.1, 0.15) is 38.7 Å². The van der Waals surface area contributed by atoms with Crippen molar-refractivity contribution in [3.8, 4) is 5.75 Å². The summed E-state index contributed by atoms with van der Waals surface area (Å²) in [6, 6.07) is 18.9. The number of hydrogen-bond donors (Lipinski definition) is 2. The second-order valence-electron chi connectivity index (χ2n) is 7.64. The van der Waals surface area contributed by atoms with E-state index in [-0.39, 0.29) is 0 Å². The van der Waals surface area contributed by atoms with Crippen molar-refractivity contribution in [3.63, 3.8) is 0 Å². The molecule has 0 amide bonds. The monoisotopic (exact) mass is 367 g/mol. The van der Waals surface area contributed by atoms with Gasteiger partial charge in [0.15, 0.2) is 0 Å². The minimum absolute atomic E-state index is 0.329. The van der Waals surface area contributed by atoms with Crippen molar-refractivity contribution in [2.24, 2.45) is 4.99 Å². The maximum atomic E-state index is 10.4. The summed E-state index contributed by atoms with van der Waals surface area (Å²) in [4.78, 5) is 5.98. The molecule has 1 heterocycles. The molecule has 4 nitrogen and oxygen atoms in total. The molecule has 2 N–H and O–H groups in total. The van der Waals surface area contributed by atoms with Crippen molar-refractivity contribution >= 4 is 11.9 Å². The van der Waals surface area contributed by atoms with Crippen molar-refractivity contribution in [2.45, 2.75) is 51.3 Å². The number of piperidine rings is 1. The topological polar surface area (TPSA) is 46.3 Å². The Balaban J connectivity index is 1.47.